The van der Waals surface area contributed by atoms with Crippen molar-refractivity contribution in [3.05, 3.63) is 75.5 Å². The van der Waals surface area contributed by atoms with E-state index in [0.717, 1.165) is 12.1 Å². The Kier molecular flexibility index (Phi) is 5.73. The van der Waals surface area contributed by atoms with Crippen LogP contribution in [-0.4, -0.2) is 11.8 Å². The highest BCUT2D eigenvalue weighted by atomic mass is 35.5. The summed E-state index contributed by atoms with van der Waals surface area (Å²) in [7, 11) is 0. The molecule has 0 heterocycles. The van der Waals surface area contributed by atoms with E-state index in [2.05, 4.69) is 10.9 Å². The van der Waals surface area contributed by atoms with E-state index in [1.807, 2.05) is 0 Å². The first-order chi connectivity index (χ1) is 11.0. The predicted molar refractivity (Wildman–Crippen MR) is 87.5 cm³/mol. The smallest absolute Gasteiger partial charge is 0.268 e. The number of carbonyl (C=O) groups excluding carboxylic acids is 2. The highest BCUT2D eigenvalue weighted by Crippen LogP contribution is 2.22. The molecule has 2 rings (SSSR count). The number of rotatable bonds is 3. The summed E-state index contributed by atoms with van der Waals surface area (Å²) in [6.07, 6.45) is 2.74. The van der Waals surface area contributed by atoms with Gasteiger partial charge in [0.25, 0.3) is 11.8 Å². The number of benzene rings is 2. The summed E-state index contributed by atoms with van der Waals surface area (Å²) in [5.74, 6) is -1.54. The third-order valence-corrected chi connectivity index (χ3v) is 3.52. The van der Waals surface area contributed by atoms with Gasteiger partial charge in [-0.05, 0) is 48.0 Å². The molecule has 2 N–H and O–H groups in total. The Morgan fingerprint density at radius 2 is 1.65 bits per heavy atom. The lowest BCUT2D eigenvalue weighted by atomic mass is 10.2. The topological polar surface area (TPSA) is 58.2 Å². The first-order valence-corrected chi connectivity index (χ1v) is 7.20. The van der Waals surface area contributed by atoms with Crippen LogP contribution in [0.25, 0.3) is 6.08 Å². The molecule has 118 valence electrons. The largest absolute Gasteiger partial charge is 0.269 e. The van der Waals surface area contributed by atoms with Gasteiger partial charge in [-0.1, -0.05) is 29.3 Å². The lowest BCUT2D eigenvalue weighted by Crippen LogP contribution is -2.40. The minimum Gasteiger partial charge on any atom is -0.268 e. The number of carbonyl (C=O) groups is 2. The molecule has 0 spiro atoms. The van der Waals surface area contributed by atoms with Crippen LogP contribution in [0.15, 0.2) is 48.5 Å². The van der Waals surface area contributed by atoms with Gasteiger partial charge in [0.05, 0.1) is 10.0 Å². The molecule has 0 radical (unpaired) electrons. The molecule has 0 fully saturated rings. The lowest BCUT2D eigenvalue weighted by molar-refractivity contribution is -0.117. The highest BCUT2D eigenvalue weighted by molar-refractivity contribution is 6.42. The second-order valence-electron chi connectivity index (χ2n) is 4.46. The van der Waals surface area contributed by atoms with Crippen LogP contribution >= 0.6 is 23.2 Å². The summed E-state index contributed by atoms with van der Waals surface area (Å²) in [4.78, 5) is 23.3. The minimum atomic E-state index is -0.554. The van der Waals surface area contributed by atoms with E-state index in [9.17, 15) is 14.0 Å². The zero-order chi connectivity index (χ0) is 16.8. The van der Waals surface area contributed by atoms with Crippen LogP contribution < -0.4 is 10.9 Å². The molecule has 7 heteroatoms. The fourth-order valence-corrected chi connectivity index (χ4v) is 1.93. The van der Waals surface area contributed by atoms with E-state index in [-0.39, 0.29) is 5.56 Å². The van der Waals surface area contributed by atoms with E-state index in [1.165, 1.54) is 24.3 Å². The molecule has 2 aromatic rings. The standard InChI is InChI=1S/C16H11Cl2FN2O2/c17-13-7-1-10(9-14(13)18)2-8-15(22)20-21-16(23)11-3-5-12(19)6-4-11/h1-9H,(H,20,22)(H,21,23)/b8-2+. The van der Waals surface area contributed by atoms with Gasteiger partial charge in [-0.3, -0.25) is 20.4 Å². The number of halogens is 3. The van der Waals surface area contributed by atoms with E-state index in [4.69, 9.17) is 23.2 Å². The zero-order valence-electron chi connectivity index (χ0n) is 11.6. The number of hydrogen-bond acceptors (Lipinski definition) is 2. The molecule has 2 aromatic carbocycles. The number of amides is 2. The molecule has 23 heavy (non-hydrogen) atoms. The maximum absolute atomic E-state index is 12.8. The first-order valence-electron chi connectivity index (χ1n) is 6.45. The Labute approximate surface area is 141 Å². The molecular formula is C16H11Cl2FN2O2. The SMILES string of the molecule is O=C(/C=C/c1ccc(Cl)c(Cl)c1)NNC(=O)c1ccc(F)cc1. The number of nitrogens with one attached hydrogen (secondary N) is 2. The molecule has 0 atom stereocenters. The van der Waals surface area contributed by atoms with Gasteiger partial charge in [-0.15, -0.1) is 0 Å². The molecule has 0 saturated heterocycles. The fraction of sp³-hybridized carbons (Fsp3) is 0. The third kappa shape index (κ3) is 5.09. The average molecular weight is 353 g/mol. The van der Waals surface area contributed by atoms with Crippen LogP contribution in [0.2, 0.25) is 10.0 Å². The summed E-state index contributed by atoms with van der Waals surface area (Å²) < 4.78 is 12.8. The maximum atomic E-state index is 12.8. The van der Waals surface area contributed by atoms with Crippen molar-refractivity contribution in [2.45, 2.75) is 0 Å². The monoisotopic (exact) mass is 352 g/mol. The van der Waals surface area contributed by atoms with Crippen molar-refractivity contribution < 1.29 is 14.0 Å². The van der Waals surface area contributed by atoms with Gasteiger partial charge in [0.15, 0.2) is 0 Å². The first kappa shape index (κ1) is 17.0. The van der Waals surface area contributed by atoms with Gasteiger partial charge in [-0.2, -0.15) is 0 Å². The number of hydrogen-bond donors (Lipinski definition) is 2. The van der Waals surface area contributed by atoms with Crippen molar-refractivity contribution >= 4 is 41.1 Å². The van der Waals surface area contributed by atoms with Crippen molar-refractivity contribution in [2.75, 3.05) is 0 Å². The van der Waals surface area contributed by atoms with E-state index in [1.54, 1.807) is 18.2 Å². The van der Waals surface area contributed by atoms with Gasteiger partial charge in [-0.25, -0.2) is 4.39 Å². The van der Waals surface area contributed by atoms with Gasteiger partial charge >= 0.3 is 0 Å². The maximum Gasteiger partial charge on any atom is 0.269 e. The Balaban J connectivity index is 1.89. The summed E-state index contributed by atoms with van der Waals surface area (Å²) >= 11 is 11.7. The Morgan fingerprint density at radius 3 is 2.30 bits per heavy atom. The molecule has 0 aliphatic carbocycles. The molecule has 0 unspecified atom stereocenters. The highest BCUT2D eigenvalue weighted by Gasteiger charge is 2.06. The molecule has 0 bridgehead atoms. The van der Waals surface area contributed by atoms with Gasteiger partial charge in [0.1, 0.15) is 5.82 Å². The van der Waals surface area contributed by atoms with Crippen LogP contribution in [-0.2, 0) is 4.79 Å². The quantitative estimate of drug-likeness (QED) is 0.654. The lowest BCUT2D eigenvalue weighted by Gasteiger charge is -2.05. The minimum absolute atomic E-state index is 0.222. The van der Waals surface area contributed by atoms with Gasteiger partial charge in [0, 0.05) is 11.6 Å². The second kappa shape index (κ2) is 7.76. The third-order valence-electron chi connectivity index (χ3n) is 2.78. The van der Waals surface area contributed by atoms with Crippen LogP contribution in [0, 0.1) is 5.82 Å². The Morgan fingerprint density at radius 1 is 0.957 bits per heavy atom. The molecule has 0 saturated carbocycles. The zero-order valence-corrected chi connectivity index (χ0v) is 13.2. The summed E-state index contributed by atoms with van der Waals surface area (Å²) in [5.41, 5.74) is 5.33. The van der Waals surface area contributed by atoms with E-state index in [0.29, 0.717) is 15.6 Å². The Hall–Kier alpha value is -2.37. The number of hydrazine groups is 1. The molecule has 0 aliphatic rings. The second-order valence-corrected chi connectivity index (χ2v) is 5.27. The van der Waals surface area contributed by atoms with Crippen LogP contribution in [0.4, 0.5) is 4.39 Å². The van der Waals surface area contributed by atoms with E-state index >= 15 is 0 Å². The van der Waals surface area contributed by atoms with Crippen LogP contribution in [0.1, 0.15) is 15.9 Å². The van der Waals surface area contributed by atoms with Crippen molar-refractivity contribution in [3.8, 4) is 0 Å². The predicted octanol–water partition coefficient (Wildman–Crippen LogP) is 3.61. The van der Waals surface area contributed by atoms with Crippen LogP contribution in [0.3, 0.4) is 0 Å². The molecular weight excluding hydrogens is 342 g/mol. The molecule has 2 amide bonds. The fourth-order valence-electron chi connectivity index (χ4n) is 1.62. The summed E-state index contributed by atoms with van der Waals surface area (Å²) in [6.45, 7) is 0. The normalized spacial score (nSPS) is 10.6. The van der Waals surface area contributed by atoms with Crippen molar-refractivity contribution in [1.82, 2.24) is 10.9 Å². The Bertz CT molecular complexity index is 761. The average Bonchev–Trinajstić information content (AvgIpc) is 2.54. The molecule has 0 aliphatic heterocycles. The summed E-state index contributed by atoms with van der Waals surface area (Å²) in [5, 5.41) is 0.790. The van der Waals surface area contributed by atoms with Gasteiger partial charge < -0.3 is 0 Å². The molecule has 4 nitrogen and oxygen atoms in total. The summed E-state index contributed by atoms with van der Waals surface area (Å²) in [6, 6.07) is 9.82. The molecule has 0 aromatic heterocycles. The van der Waals surface area contributed by atoms with Crippen molar-refractivity contribution in [2.24, 2.45) is 0 Å². The van der Waals surface area contributed by atoms with Gasteiger partial charge in [0.2, 0.25) is 0 Å². The van der Waals surface area contributed by atoms with E-state index < -0.39 is 17.6 Å². The van der Waals surface area contributed by atoms with Crippen molar-refractivity contribution in [1.29, 1.82) is 0 Å². The van der Waals surface area contributed by atoms with Crippen molar-refractivity contribution in [3.63, 3.8) is 0 Å². The van der Waals surface area contributed by atoms with Crippen LogP contribution in [0.5, 0.6) is 0 Å².